The average molecular weight is 227 g/mol. The number of hydrogen-bond donors (Lipinski definition) is 1. The Morgan fingerprint density at radius 2 is 1.62 bits per heavy atom. The molecule has 2 rings (SSSR count). The topological polar surface area (TPSA) is 44.5 Å². The molecule has 2 aliphatic heterocycles. The molecule has 2 saturated heterocycles. The number of nitrogens with two attached hydrogens (primary N) is 1. The predicted molar refractivity (Wildman–Crippen MR) is 64.3 cm³/mol. The van der Waals surface area contributed by atoms with Crippen LogP contribution in [0.3, 0.4) is 0 Å². The second-order valence-electron chi connectivity index (χ2n) is 6.57. The Bertz CT molecular complexity index is 267. The van der Waals surface area contributed by atoms with Crippen molar-refractivity contribution in [1.29, 1.82) is 0 Å². The number of ether oxygens (including phenoxy) is 2. The molecule has 16 heavy (non-hydrogen) atoms. The first-order chi connectivity index (χ1) is 7.25. The van der Waals surface area contributed by atoms with Crippen LogP contribution in [0.25, 0.3) is 0 Å². The highest BCUT2D eigenvalue weighted by molar-refractivity contribution is 5.06. The molecule has 1 unspecified atom stereocenters. The first-order valence-corrected chi connectivity index (χ1v) is 6.32. The van der Waals surface area contributed by atoms with Gasteiger partial charge in [-0.05, 0) is 47.0 Å². The van der Waals surface area contributed by atoms with Crippen molar-refractivity contribution in [2.24, 2.45) is 11.7 Å². The lowest BCUT2D eigenvalue weighted by molar-refractivity contribution is -0.0890. The van der Waals surface area contributed by atoms with Crippen LogP contribution < -0.4 is 5.73 Å². The van der Waals surface area contributed by atoms with Crippen LogP contribution >= 0.6 is 0 Å². The zero-order valence-electron chi connectivity index (χ0n) is 11.0. The van der Waals surface area contributed by atoms with Gasteiger partial charge in [0, 0.05) is 24.7 Å². The SMILES string of the molecule is CC1(C)CC(C2(N)CCOCC2)C(C)(C)O1. The van der Waals surface area contributed by atoms with Gasteiger partial charge in [0.2, 0.25) is 0 Å². The third kappa shape index (κ3) is 2.13. The molecule has 2 fully saturated rings. The number of rotatable bonds is 1. The normalized spacial score (nSPS) is 36.2. The molecule has 0 aromatic rings. The summed E-state index contributed by atoms with van der Waals surface area (Å²) >= 11 is 0. The van der Waals surface area contributed by atoms with Crippen LogP contribution in [0.1, 0.15) is 47.0 Å². The van der Waals surface area contributed by atoms with Crippen LogP contribution in [0.5, 0.6) is 0 Å². The maximum atomic E-state index is 6.60. The maximum absolute atomic E-state index is 6.60. The first-order valence-electron chi connectivity index (χ1n) is 6.32. The Labute approximate surface area is 98.7 Å². The van der Waals surface area contributed by atoms with E-state index in [0.29, 0.717) is 5.92 Å². The summed E-state index contributed by atoms with van der Waals surface area (Å²) in [5, 5.41) is 0. The second kappa shape index (κ2) is 3.69. The fraction of sp³-hybridized carbons (Fsp3) is 1.00. The summed E-state index contributed by atoms with van der Waals surface area (Å²) in [5.74, 6) is 0.430. The van der Waals surface area contributed by atoms with Crippen molar-refractivity contribution in [1.82, 2.24) is 0 Å². The summed E-state index contributed by atoms with van der Waals surface area (Å²) in [5.41, 5.74) is 6.34. The van der Waals surface area contributed by atoms with E-state index in [1.54, 1.807) is 0 Å². The Kier molecular flexibility index (Phi) is 2.84. The molecule has 2 heterocycles. The van der Waals surface area contributed by atoms with E-state index in [9.17, 15) is 0 Å². The van der Waals surface area contributed by atoms with Crippen molar-refractivity contribution in [2.45, 2.75) is 63.7 Å². The minimum absolute atomic E-state index is 0.0428. The van der Waals surface area contributed by atoms with Crippen molar-refractivity contribution in [3.05, 3.63) is 0 Å². The highest BCUT2D eigenvalue weighted by Gasteiger charge is 2.54. The van der Waals surface area contributed by atoms with Gasteiger partial charge >= 0.3 is 0 Å². The lowest BCUT2D eigenvalue weighted by Gasteiger charge is -2.43. The Morgan fingerprint density at radius 3 is 2.06 bits per heavy atom. The first kappa shape index (κ1) is 12.3. The van der Waals surface area contributed by atoms with Crippen molar-refractivity contribution in [2.75, 3.05) is 13.2 Å². The van der Waals surface area contributed by atoms with Gasteiger partial charge in [-0.15, -0.1) is 0 Å². The van der Waals surface area contributed by atoms with E-state index in [1.165, 1.54) is 0 Å². The van der Waals surface area contributed by atoms with E-state index in [2.05, 4.69) is 27.7 Å². The van der Waals surface area contributed by atoms with Crippen molar-refractivity contribution in [3.8, 4) is 0 Å². The van der Waals surface area contributed by atoms with Crippen molar-refractivity contribution < 1.29 is 9.47 Å². The molecular formula is C13H25NO2. The number of hydrogen-bond acceptors (Lipinski definition) is 3. The summed E-state index contributed by atoms with van der Waals surface area (Å²) in [6.07, 6.45) is 2.97. The zero-order valence-corrected chi connectivity index (χ0v) is 11.0. The smallest absolute Gasteiger partial charge is 0.0680 e. The highest BCUT2D eigenvalue weighted by Crippen LogP contribution is 2.48. The van der Waals surface area contributed by atoms with Crippen LogP contribution in [0.4, 0.5) is 0 Å². The summed E-state index contributed by atoms with van der Waals surface area (Å²) in [6, 6.07) is 0. The van der Waals surface area contributed by atoms with Crippen LogP contribution in [-0.4, -0.2) is 30.0 Å². The summed E-state index contributed by atoms with van der Waals surface area (Å²) in [6.45, 7) is 10.3. The van der Waals surface area contributed by atoms with E-state index in [-0.39, 0.29) is 16.7 Å². The summed E-state index contributed by atoms with van der Waals surface area (Å²) in [7, 11) is 0. The van der Waals surface area contributed by atoms with Crippen LogP contribution in [0, 0.1) is 5.92 Å². The average Bonchev–Trinajstić information content (AvgIpc) is 2.36. The maximum Gasteiger partial charge on any atom is 0.0680 e. The van der Waals surface area contributed by atoms with Gasteiger partial charge in [0.25, 0.3) is 0 Å². The minimum Gasteiger partial charge on any atom is -0.381 e. The molecule has 94 valence electrons. The lowest BCUT2D eigenvalue weighted by atomic mass is 9.69. The highest BCUT2D eigenvalue weighted by atomic mass is 16.5. The standard InChI is InChI=1S/C13H25NO2/c1-11(2)9-10(12(3,4)16-11)13(14)5-7-15-8-6-13/h10H,5-9,14H2,1-4H3. The van der Waals surface area contributed by atoms with Crippen molar-refractivity contribution >= 4 is 0 Å². The van der Waals surface area contributed by atoms with E-state index in [1.807, 2.05) is 0 Å². The van der Waals surface area contributed by atoms with Gasteiger partial charge in [0.1, 0.15) is 0 Å². The Balaban J connectivity index is 2.19. The molecule has 1 atom stereocenters. The third-order valence-corrected chi connectivity index (χ3v) is 4.19. The largest absolute Gasteiger partial charge is 0.381 e. The second-order valence-corrected chi connectivity index (χ2v) is 6.57. The molecule has 3 heteroatoms. The molecule has 0 aromatic carbocycles. The van der Waals surface area contributed by atoms with E-state index >= 15 is 0 Å². The van der Waals surface area contributed by atoms with Gasteiger partial charge in [0.05, 0.1) is 11.2 Å². The quantitative estimate of drug-likeness (QED) is 0.746. The van der Waals surface area contributed by atoms with Crippen LogP contribution in [-0.2, 0) is 9.47 Å². The summed E-state index contributed by atoms with van der Waals surface area (Å²) in [4.78, 5) is 0. The van der Waals surface area contributed by atoms with Gasteiger partial charge < -0.3 is 15.2 Å². The van der Waals surface area contributed by atoms with Gasteiger partial charge in [0.15, 0.2) is 0 Å². The molecule has 0 radical (unpaired) electrons. The third-order valence-electron chi connectivity index (χ3n) is 4.19. The molecule has 3 nitrogen and oxygen atoms in total. The van der Waals surface area contributed by atoms with E-state index in [4.69, 9.17) is 15.2 Å². The lowest BCUT2D eigenvalue weighted by Crippen LogP contribution is -2.56. The van der Waals surface area contributed by atoms with Crippen LogP contribution in [0.15, 0.2) is 0 Å². The predicted octanol–water partition coefficient (Wildman–Crippen LogP) is 2.09. The van der Waals surface area contributed by atoms with Crippen LogP contribution in [0.2, 0.25) is 0 Å². The van der Waals surface area contributed by atoms with Crippen molar-refractivity contribution in [3.63, 3.8) is 0 Å². The van der Waals surface area contributed by atoms with Gasteiger partial charge in [-0.25, -0.2) is 0 Å². The van der Waals surface area contributed by atoms with E-state index < -0.39 is 0 Å². The monoisotopic (exact) mass is 227 g/mol. The molecule has 2 N–H and O–H groups in total. The summed E-state index contributed by atoms with van der Waals surface area (Å²) < 4.78 is 11.6. The zero-order chi connectivity index (χ0) is 12.0. The molecule has 0 spiro atoms. The Hall–Kier alpha value is -0.120. The Morgan fingerprint density at radius 1 is 1.06 bits per heavy atom. The molecular weight excluding hydrogens is 202 g/mol. The van der Waals surface area contributed by atoms with Gasteiger partial charge in [-0.1, -0.05) is 0 Å². The molecule has 0 saturated carbocycles. The fourth-order valence-corrected chi connectivity index (χ4v) is 3.56. The minimum atomic E-state index is -0.115. The van der Waals surface area contributed by atoms with Gasteiger partial charge in [-0.3, -0.25) is 0 Å². The molecule has 0 aliphatic carbocycles. The van der Waals surface area contributed by atoms with E-state index in [0.717, 1.165) is 32.5 Å². The van der Waals surface area contributed by atoms with Gasteiger partial charge in [-0.2, -0.15) is 0 Å². The molecule has 0 bridgehead atoms. The molecule has 2 aliphatic rings. The molecule has 0 amide bonds. The fourth-order valence-electron chi connectivity index (χ4n) is 3.56. The molecule has 0 aromatic heterocycles.